The number of esters is 2. The Labute approximate surface area is 180 Å². The van der Waals surface area contributed by atoms with Gasteiger partial charge in [0.15, 0.2) is 0 Å². The molecule has 0 aliphatic heterocycles. The van der Waals surface area contributed by atoms with Crippen LogP contribution in [0, 0.1) is 6.92 Å². The molecule has 1 heterocycles. The summed E-state index contributed by atoms with van der Waals surface area (Å²) in [6.45, 7) is 1.52. The van der Waals surface area contributed by atoms with Crippen LogP contribution in [0.15, 0.2) is 71.1 Å². The SMILES string of the molecule is COC(=O)c1oc(COC(=O)[C@H](Cc2ccccc2)NC(=O)c2ccccc2)cc1C. The molecule has 0 bridgehead atoms. The number of hydrogen-bond acceptors (Lipinski definition) is 6. The van der Waals surface area contributed by atoms with Crippen molar-refractivity contribution in [3.8, 4) is 0 Å². The Morgan fingerprint density at radius 2 is 1.65 bits per heavy atom. The van der Waals surface area contributed by atoms with Gasteiger partial charge in [-0.05, 0) is 30.7 Å². The molecule has 0 aliphatic rings. The molecule has 1 aromatic heterocycles. The zero-order valence-corrected chi connectivity index (χ0v) is 17.3. The van der Waals surface area contributed by atoms with Crippen molar-refractivity contribution in [3.63, 3.8) is 0 Å². The van der Waals surface area contributed by atoms with E-state index in [4.69, 9.17) is 9.15 Å². The summed E-state index contributed by atoms with van der Waals surface area (Å²) < 4.78 is 15.5. The van der Waals surface area contributed by atoms with Crippen LogP contribution in [-0.2, 0) is 27.3 Å². The van der Waals surface area contributed by atoms with Crippen molar-refractivity contribution in [1.82, 2.24) is 5.32 Å². The normalized spacial score (nSPS) is 11.4. The van der Waals surface area contributed by atoms with E-state index in [0.717, 1.165) is 5.56 Å². The number of carbonyl (C=O) groups excluding carboxylic acids is 3. The fourth-order valence-electron chi connectivity index (χ4n) is 3.03. The highest BCUT2D eigenvalue weighted by atomic mass is 16.6. The molecule has 0 saturated heterocycles. The number of rotatable bonds is 8. The van der Waals surface area contributed by atoms with Crippen LogP contribution in [-0.4, -0.2) is 31.0 Å². The molecule has 7 nitrogen and oxygen atoms in total. The molecule has 3 aromatic rings. The van der Waals surface area contributed by atoms with Crippen LogP contribution >= 0.6 is 0 Å². The Kier molecular flexibility index (Phi) is 7.22. The lowest BCUT2D eigenvalue weighted by Gasteiger charge is -2.17. The van der Waals surface area contributed by atoms with Crippen LogP contribution in [0.4, 0.5) is 0 Å². The molecule has 0 unspecified atom stereocenters. The maximum absolute atomic E-state index is 12.8. The van der Waals surface area contributed by atoms with Crippen LogP contribution in [0.3, 0.4) is 0 Å². The number of carbonyl (C=O) groups is 3. The largest absolute Gasteiger partial charge is 0.463 e. The Morgan fingerprint density at radius 1 is 1.00 bits per heavy atom. The second-order valence-corrected chi connectivity index (χ2v) is 6.91. The minimum absolute atomic E-state index is 0.0618. The lowest BCUT2D eigenvalue weighted by molar-refractivity contribution is -0.147. The van der Waals surface area contributed by atoms with E-state index in [2.05, 4.69) is 10.1 Å². The highest BCUT2D eigenvalue weighted by Gasteiger charge is 2.24. The molecule has 3 rings (SSSR count). The molecule has 1 N–H and O–H groups in total. The highest BCUT2D eigenvalue weighted by Crippen LogP contribution is 2.17. The van der Waals surface area contributed by atoms with E-state index in [1.165, 1.54) is 7.11 Å². The Bertz CT molecular complexity index is 1040. The lowest BCUT2D eigenvalue weighted by atomic mass is 10.1. The van der Waals surface area contributed by atoms with Crippen LogP contribution in [0.1, 0.15) is 37.8 Å². The molecule has 1 atom stereocenters. The summed E-state index contributed by atoms with van der Waals surface area (Å²) in [6.07, 6.45) is 0.267. The van der Waals surface area contributed by atoms with Gasteiger partial charge in [0.1, 0.15) is 18.4 Å². The third-order valence-corrected chi connectivity index (χ3v) is 4.60. The van der Waals surface area contributed by atoms with Crippen molar-refractivity contribution in [1.29, 1.82) is 0 Å². The summed E-state index contributed by atoms with van der Waals surface area (Å²) in [4.78, 5) is 37.1. The first kappa shape index (κ1) is 21.8. The van der Waals surface area contributed by atoms with Gasteiger partial charge in [0, 0.05) is 17.5 Å². The van der Waals surface area contributed by atoms with Gasteiger partial charge >= 0.3 is 11.9 Å². The minimum atomic E-state index is -0.897. The number of nitrogens with one attached hydrogen (secondary N) is 1. The van der Waals surface area contributed by atoms with E-state index in [9.17, 15) is 14.4 Å². The monoisotopic (exact) mass is 421 g/mol. The van der Waals surface area contributed by atoms with Gasteiger partial charge in [0.05, 0.1) is 7.11 Å². The number of benzene rings is 2. The molecule has 7 heteroatoms. The van der Waals surface area contributed by atoms with Gasteiger partial charge in [0.25, 0.3) is 5.91 Å². The first-order valence-electron chi connectivity index (χ1n) is 9.72. The standard InChI is InChI=1S/C24H23NO6/c1-16-13-19(31-21(16)24(28)29-2)15-30-23(27)20(14-17-9-5-3-6-10-17)25-22(26)18-11-7-4-8-12-18/h3-13,20H,14-15H2,1-2H3,(H,25,26)/t20-/m0/s1. The van der Waals surface area contributed by atoms with Gasteiger partial charge in [-0.1, -0.05) is 48.5 Å². The zero-order chi connectivity index (χ0) is 22.2. The summed E-state index contributed by atoms with van der Waals surface area (Å²) in [5.74, 6) is -1.22. The van der Waals surface area contributed by atoms with E-state index in [0.29, 0.717) is 16.9 Å². The fourth-order valence-corrected chi connectivity index (χ4v) is 3.03. The van der Waals surface area contributed by atoms with Crippen LogP contribution < -0.4 is 5.32 Å². The summed E-state index contributed by atoms with van der Waals surface area (Å²) in [7, 11) is 1.26. The maximum atomic E-state index is 12.8. The molecular formula is C24H23NO6. The maximum Gasteiger partial charge on any atom is 0.374 e. The van der Waals surface area contributed by atoms with E-state index in [1.807, 2.05) is 30.3 Å². The molecule has 160 valence electrons. The number of ether oxygens (including phenoxy) is 2. The minimum Gasteiger partial charge on any atom is -0.463 e. The van der Waals surface area contributed by atoms with Gasteiger partial charge < -0.3 is 19.2 Å². The Balaban J connectivity index is 1.71. The van der Waals surface area contributed by atoms with Crippen molar-refractivity contribution in [3.05, 3.63) is 94.9 Å². The number of methoxy groups -OCH3 is 1. The predicted molar refractivity (Wildman–Crippen MR) is 112 cm³/mol. The average molecular weight is 421 g/mol. The Morgan fingerprint density at radius 3 is 2.29 bits per heavy atom. The van der Waals surface area contributed by atoms with E-state index >= 15 is 0 Å². The zero-order valence-electron chi connectivity index (χ0n) is 17.3. The molecule has 0 saturated carbocycles. The second kappa shape index (κ2) is 10.2. The molecule has 1 amide bonds. The summed E-state index contributed by atoms with van der Waals surface area (Å²) in [5.41, 5.74) is 1.90. The molecular weight excluding hydrogens is 398 g/mol. The quantitative estimate of drug-likeness (QED) is 0.560. The van der Waals surface area contributed by atoms with E-state index < -0.39 is 18.0 Å². The van der Waals surface area contributed by atoms with Gasteiger partial charge in [-0.25, -0.2) is 9.59 Å². The molecule has 0 radical (unpaired) electrons. The second-order valence-electron chi connectivity index (χ2n) is 6.91. The first-order chi connectivity index (χ1) is 15.0. The van der Waals surface area contributed by atoms with Crippen LogP contribution in [0.25, 0.3) is 0 Å². The smallest absolute Gasteiger partial charge is 0.374 e. The number of aryl methyl sites for hydroxylation is 1. The Hall–Kier alpha value is -3.87. The average Bonchev–Trinajstić information content (AvgIpc) is 3.18. The van der Waals surface area contributed by atoms with Crippen molar-refractivity contribution in [2.24, 2.45) is 0 Å². The van der Waals surface area contributed by atoms with E-state index in [-0.39, 0.29) is 24.7 Å². The van der Waals surface area contributed by atoms with Gasteiger partial charge in [-0.2, -0.15) is 0 Å². The first-order valence-corrected chi connectivity index (χ1v) is 9.72. The van der Waals surface area contributed by atoms with Crippen molar-refractivity contribution in [2.75, 3.05) is 7.11 Å². The van der Waals surface area contributed by atoms with Gasteiger partial charge in [0.2, 0.25) is 5.76 Å². The topological polar surface area (TPSA) is 94.8 Å². The fraction of sp³-hybridized carbons (Fsp3) is 0.208. The van der Waals surface area contributed by atoms with Crippen LogP contribution in [0.5, 0.6) is 0 Å². The highest BCUT2D eigenvalue weighted by molar-refractivity contribution is 5.96. The lowest BCUT2D eigenvalue weighted by Crippen LogP contribution is -2.43. The summed E-state index contributed by atoms with van der Waals surface area (Å²) in [5, 5.41) is 2.74. The number of hydrogen-bond donors (Lipinski definition) is 1. The third-order valence-electron chi connectivity index (χ3n) is 4.60. The molecule has 2 aromatic carbocycles. The molecule has 0 fully saturated rings. The molecule has 31 heavy (non-hydrogen) atoms. The van der Waals surface area contributed by atoms with Crippen molar-refractivity contribution >= 4 is 17.8 Å². The van der Waals surface area contributed by atoms with Crippen LogP contribution in [0.2, 0.25) is 0 Å². The number of furan rings is 1. The van der Waals surface area contributed by atoms with Gasteiger partial charge in [-0.3, -0.25) is 4.79 Å². The van der Waals surface area contributed by atoms with Crippen molar-refractivity contribution in [2.45, 2.75) is 26.0 Å². The molecule has 0 aliphatic carbocycles. The van der Waals surface area contributed by atoms with Gasteiger partial charge in [-0.15, -0.1) is 0 Å². The predicted octanol–water partition coefficient (Wildman–Crippen LogP) is 3.46. The number of amides is 1. The van der Waals surface area contributed by atoms with Crippen molar-refractivity contribution < 1.29 is 28.3 Å². The molecule has 0 spiro atoms. The summed E-state index contributed by atoms with van der Waals surface area (Å²) in [6, 6.07) is 18.7. The third kappa shape index (κ3) is 5.82. The van der Waals surface area contributed by atoms with E-state index in [1.54, 1.807) is 43.3 Å². The summed E-state index contributed by atoms with van der Waals surface area (Å²) >= 11 is 0.